The highest BCUT2D eigenvalue weighted by Crippen LogP contribution is 2.20. The molecular weight excluding hydrogens is 169 g/mol. The standard InChI is InChI=1S/C10H8FNO/c1-13-9-6-7-4-2-3-5-8(7)12-10(9)11/h2-6H,1H3. The van der Waals surface area contributed by atoms with Gasteiger partial charge in [0.1, 0.15) is 0 Å². The maximum absolute atomic E-state index is 13.1. The van der Waals surface area contributed by atoms with Gasteiger partial charge in [-0.15, -0.1) is 0 Å². The van der Waals surface area contributed by atoms with Crippen molar-refractivity contribution in [1.29, 1.82) is 0 Å². The third kappa shape index (κ3) is 1.33. The van der Waals surface area contributed by atoms with Crippen molar-refractivity contribution in [3.8, 4) is 5.75 Å². The molecule has 0 saturated heterocycles. The molecule has 0 aliphatic carbocycles. The van der Waals surface area contributed by atoms with Gasteiger partial charge in [0.2, 0.25) is 0 Å². The summed E-state index contributed by atoms with van der Waals surface area (Å²) in [6, 6.07) is 8.96. The minimum Gasteiger partial charge on any atom is -0.492 e. The molecule has 0 aliphatic rings. The molecule has 0 radical (unpaired) electrons. The van der Waals surface area contributed by atoms with E-state index >= 15 is 0 Å². The molecule has 0 saturated carbocycles. The van der Waals surface area contributed by atoms with Crippen LogP contribution >= 0.6 is 0 Å². The zero-order valence-corrected chi connectivity index (χ0v) is 7.12. The van der Waals surface area contributed by atoms with E-state index in [-0.39, 0.29) is 5.75 Å². The van der Waals surface area contributed by atoms with Gasteiger partial charge in [-0.25, -0.2) is 4.98 Å². The smallest absolute Gasteiger partial charge is 0.255 e. The predicted molar refractivity (Wildman–Crippen MR) is 48.3 cm³/mol. The van der Waals surface area contributed by atoms with Crippen LogP contribution in [0.2, 0.25) is 0 Å². The fourth-order valence-electron chi connectivity index (χ4n) is 1.22. The molecule has 0 atom stereocenters. The summed E-state index contributed by atoms with van der Waals surface area (Å²) in [6.07, 6.45) is 0. The molecule has 0 aliphatic heterocycles. The summed E-state index contributed by atoms with van der Waals surface area (Å²) in [5.41, 5.74) is 0.640. The summed E-state index contributed by atoms with van der Waals surface area (Å²) in [6.45, 7) is 0. The van der Waals surface area contributed by atoms with Gasteiger partial charge in [0.15, 0.2) is 5.75 Å². The van der Waals surface area contributed by atoms with Gasteiger partial charge in [0.05, 0.1) is 12.6 Å². The molecule has 0 unspecified atom stereocenters. The Labute approximate surface area is 75.0 Å². The zero-order chi connectivity index (χ0) is 9.26. The summed E-state index contributed by atoms with van der Waals surface area (Å²) in [5.74, 6) is -0.389. The zero-order valence-electron chi connectivity index (χ0n) is 7.12. The molecule has 0 N–H and O–H groups in total. The highest BCUT2D eigenvalue weighted by molar-refractivity contribution is 5.79. The SMILES string of the molecule is COc1cc2ccccc2nc1F. The molecule has 66 valence electrons. The van der Waals surface area contributed by atoms with Gasteiger partial charge < -0.3 is 4.74 Å². The molecular formula is C10H8FNO. The number of aromatic nitrogens is 1. The maximum atomic E-state index is 13.1. The van der Waals surface area contributed by atoms with Gasteiger partial charge in [0, 0.05) is 5.39 Å². The number of hydrogen-bond acceptors (Lipinski definition) is 2. The van der Waals surface area contributed by atoms with Crippen molar-refractivity contribution in [3.63, 3.8) is 0 Å². The quantitative estimate of drug-likeness (QED) is 0.624. The third-order valence-electron chi connectivity index (χ3n) is 1.87. The number of halogens is 1. The molecule has 2 nitrogen and oxygen atoms in total. The number of para-hydroxylation sites is 1. The molecule has 2 aromatic rings. The summed E-state index contributed by atoms with van der Waals surface area (Å²) in [5, 5.41) is 0.876. The van der Waals surface area contributed by atoms with Crippen molar-refractivity contribution in [1.82, 2.24) is 4.98 Å². The number of benzene rings is 1. The largest absolute Gasteiger partial charge is 0.492 e. The van der Waals surface area contributed by atoms with Gasteiger partial charge in [-0.1, -0.05) is 18.2 Å². The fraction of sp³-hybridized carbons (Fsp3) is 0.100. The van der Waals surface area contributed by atoms with Crippen LogP contribution in [0.5, 0.6) is 5.75 Å². The Morgan fingerprint density at radius 2 is 2.08 bits per heavy atom. The number of fused-ring (bicyclic) bond motifs is 1. The Hall–Kier alpha value is -1.64. The lowest BCUT2D eigenvalue weighted by Gasteiger charge is -2.02. The number of rotatable bonds is 1. The summed E-state index contributed by atoms with van der Waals surface area (Å²) < 4.78 is 17.9. The van der Waals surface area contributed by atoms with Crippen LogP contribution in [0.1, 0.15) is 0 Å². The van der Waals surface area contributed by atoms with Crippen molar-refractivity contribution in [3.05, 3.63) is 36.3 Å². The van der Waals surface area contributed by atoms with Gasteiger partial charge in [-0.2, -0.15) is 4.39 Å². The van der Waals surface area contributed by atoms with E-state index in [1.54, 1.807) is 12.1 Å². The third-order valence-corrected chi connectivity index (χ3v) is 1.87. The second-order valence-electron chi connectivity index (χ2n) is 2.67. The molecule has 13 heavy (non-hydrogen) atoms. The van der Waals surface area contributed by atoms with E-state index in [4.69, 9.17) is 4.74 Å². The van der Waals surface area contributed by atoms with Crippen LogP contribution in [0, 0.1) is 5.95 Å². The van der Waals surface area contributed by atoms with Crippen molar-refractivity contribution in [2.75, 3.05) is 7.11 Å². The van der Waals surface area contributed by atoms with Crippen molar-refractivity contribution in [2.45, 2.75) is 0 Å². The molecule has 1 heterocycles. The number of ether oxygens (including phenoxy) is 1. The molecule has 0 amide bonds. The van der Waals surface area contributed by atoms with Crippen LogP contribution in [0.15, 0.2) is 30.3 Å². The molecule has 0 spiro atoms. The van der Waals surface area contributed by atoms with Crippen LogP contribution in [0.3, 0.4) is 0 Å². The highest BCUT2D eigenvalue weighted by atomic mass is 19.1. The average molecular weight is 177 g/mol. The lowest BCUT2D eigenvalue weighted by atomic mass is 10.2. The normalized spacial score (nSPS) is 10.3. The summed E-state index contributed by atoms with van der Waals surface area (Å²) in [4.78, 5) is 3.75. The Morgan fingerprint density at radius 1 is 1.31 bits per heavy atom. The van der Waals surface area contributed by atoms with Crippen molar-refractivity contribution in [2.24, 2.45) is 0 Å². The summed E-state index contributed by atoms with van der Waals surface area (Å²) in [7, 11) is 1.43. The highest BCUT2D eigenvalue weighted by Gasteiger charge is 2.04. The monoisotopic (exact) mass is 177 g/mol. The molecule has 1 aromatic carbocycles. The van der Waals surface area contributed by atoms with Crippen LogP contribution in [0.4, 0.5) is 4.39 Å². The Balaban J connectivity index is 2.74. The summed E-state index contributed by atoms with van der Waals surface area (Å²) >= 11 is 0. The molecule has 2 rings (SSSR count). The van der Waals surface area contributed by atoms with E-state index in [2.05, 4.69) is 4.98 Å². The van der Waals surface area contributed by atoms with E-state index in [1.807, 2.05) is 18.2 Å². The van der Waals surface area contributed by atoms with Crippen LogP contribution in [0.25, 0.3) is 10.9 Å². The topological polar surface area (TPSA) is 22.1 Å². The number of nitrogens with zero attached hydrogens (tertiary/aromatic N) is 1. The van der Waals surface area contributed by atoms with Crippen molar-refractivity contribution >= 4 is 10.9 Å². The number of pyridine rings is 1. The molecule has 1 aromatic heterocycles. The number of methoxy groups -OCH3 is 1. The van der Waals surface area contributed by atoms with E-state index < -0.39 is 5.95 Å². The predicted octanol–water partition coefficient (Wildman–Crippen LogP) is 2.38. The first-order valence-corrected chi connectivity index (χ1v) is 3.90. The van der Waals surface area contributed by atoms with Crippen molar-refractivity contribution < 1.29 is 9.13 Å². The van der Waals surface area contributed by atoms with Gasteiger partial charge in [0.25, 0.3) is 5.95 Å². The molecule has 0 fully saturated rings. The Morgan fingerprint density at radius 3 is 2.85 bits per heavy atom. The van der Waals surface area contributed by atoms with E-state index in [1.165, 1.54) is 7.11 Å². The first-order chi connectivity index (χ1) is 6.31. The van der Waals surface area contributed by atoms with Crippen LogP contribution in [-0.2, 0) is 0 Å². The molecule has 3 heteroatoms. The van der Waals surface area contributed by atoms with E-state index in [0.717, 1.165) is 5.39 Å². The minimum absolute atomic E-state index is 0.179. The second kappa shape index (κ2) is 3.01. The van der Waals surface area contributed by atoms with Crippen LogP contribution < -0.4 is 4.74 Å². The van der Waals surface area contributed by atoms with E-state index in [0.29, 0.717) is 5.52 Å². The molecule has 0 bridgehead atoms. The Kier molecular flexibility index (Phi) is 1.85. The fourth-order valence-corrected chi connectivity index (χ4v) is 1.22. The van der Waals surface area contributed by atoms with Gasteiger partial charge >= 0.3 is 0 Å². The van der Waals surface area contributed by atoms with Crippen LogP contribution in [-0.4, -0.2) is 12.1 Å². The lowest BCUT2D eigenvalue weighted by Crippen LogP contribution is -1.91. The lowest BCUT2D eigenvalue weighted by molar-refractivity contribution is 0.379. The average Bonchev–Trinajstić information content (AvgIpc) is 2.17. The maximum Gasteiger partial charge on any atom is 0.255 e. The Bertz CT molecular complexity index is 442. The second-order valence-corrected chi connectivity index (χ2v) is 2.67. The van der Waals surface area contributed by atoms with Gasteiger partial charge in [-0.05, 0) is 12.1 Å². The number of hydrogen-bond donors (Lipinski definition) is 0. The van der Waals surface area contributed by atoms with E-state index in [9.17, 15) is 4.39 Å². The van der Waals surface area contributed by atoms with Gasteiger partial charge in [-0.3, -0.25) is 0 Å². The first-order valence-electron chi connectivity index (χ1n) is 3.90. The minimum atomic E-state index is -0.568. The first kappa shape index (κ1) is 7.98.